The van der Waals surface area contributed by atoms with Crippen LogP contribution in [0.3, 0.4) is 0 Å². The number of pyridine rings is 1. The fourth-order valence-corrected chi connectivity index (χ4v) is 2.36. The van der Waals surface area contributed by atoms with Gasteiger partial charge in [-0.1, -0.05) is 11.6 Å². The van der Waals surface area contributed by atoms with E-state index in [1.807, 2.05) is 11.4 Å². The number of anilines is 1. The van der Waals surface area contributed by atoms with Gasteiger partial charge in [-0.2, -0.15) is 0 Å². The molecule has 1 atom stereocenters. The molecule has 3 nitrogen and oxygen atoms in total. The lowest BCUT2D eigenvalue weighted by Crippen LogP contribution is -2.06. The van der Waals surface area contributed by atoms with Crippen molar-refractivity contribution in [3.63, 3.8) is 0 Å². The van der Waals surface area contributed by atoms with Gasteiger partial charge in [0.2, 0.25) is 0 Å². The van der Waals surface area contributed by atoms with Gasteiger partial charge >= 0.3 is 0 Å². The first-order valence-corrected chi connectivity index (χ1v) is 6.69. The summed E-state index contributed by atoms with van der Waals surface area (Å²) < 4.78 is 0.783. The van der Waals surface area contributed by atoms with Gasteiger partial charge in [-0.3, -0.25) is 0 Å². The van der Waals surface area contributed by atoms with Crippen LogP contribution in [-0.4, -0.2) is 9.97 Å². The second-order valence-corrected chi connectivity index (χ2v) is 5.37. The van der Waals surface area contributed by atoms with Gasteiger partial charge in [-0.15, -0.1) is 11.3 Å². The average molecular weight is 319 g/mol. The van der Waals surface area contributed by atoms with Crippen LogP contribution in [-0.2, 0) is 0 Å². The molecule has 1 N–H and O–H groups in total. The number of rotatable bonds is 3. The van der Waals surface area contributed by atoms with Crippen LogP contribution >= 0.6 is 38.9 Å². The van der Waals surface area contributed by atoms with Crippen LogP contribution in [0.15, 0.2) is 28.3 Å². The molecule has 2 aromatic heterocycles. The summed E-state index contributed by atoms with van der Waals surface area (Å²) in [6, 6.07) is 2.06. The number of nitrogens with zero attached hydrogens (tertiary/aromatic N) is 2. The van der Waals surface area contributed by atoms with E-state index in [9.17, 15) is 0 Å². The van der Waals surface area contributed by atoms with Gasteiger partial charge in [0.1, 0.15) is 10.2 Å². The first kappa shape index (κ1) is 11.8. The molecule has 2 aromatic rings. The normalized spacial score (nSPS) is 12.4. The minimum Gasteiger partial charge on any atom is -0.375 e. The molecule has 0 spiro atoms. The van der Waals surface area contributed by atoms with Crippen molar-refractivity contribution < 1.29 is 0 Å². The molecular formula is C10H9BrClN3S. The van der Waals surface area contributed by atoms with Crippen LogP contribution in [0.25, 0.3) is 0 Å². The lowest BCUT2D eigenvalue weighted by molar-refractivity contribution is 0.868. The van der Waals surface area contributed by atoms with Crippen LogP contribution in [0, 0.1) is 0 Å². The zero-order chi connectivity index (χ0) is 11.5. The number of hydrogen-bond donors (Lipinski definition) is 1. The van der Waals surface area contributed by atoms with Crippen LogP contribution in [0.1, 0.15) is 18.0 Å². The maximum absolute atomic E-state index is 5.82. The Hall–Kier alpha value is -0.650. The van der Waals surface area contributed by atoms with Crippen molar-refractivity contribution in [1.82, 2.24) is 9.97 Å². The van der Waals surface area contributed by atoms with Crippen molar-refractivity contribution >= 4 is 44.6 Å². The van der Waals surface area contributed by atoms with Crippen molar-refractivity contribution in [2.24, 2.45) is 0 Å². The zero-order valence-electron chi connectivity index (χ0n) is 8.45. The third-order valence-electron chi connectivity index (χ3n) is 2.00. The van der Waals surface area contributed by atoms with Crippen LogP contribution in [0.2, 0.25) is 5.15 Å². The summed E-state index contributed by atoms with van der Waals surface area (Å²) in [5.41, 5.74) is 0.916. The van der Waals surface area contributed by atoms with Crippen molar-refractivity contribution in [2.75, 3.05) is 5.32 Å². The summed E-state index contributed by atoms with van der Waals surface area (Å²) in [5, 5.41) is 6.78. The summed E-state index contributed by atoms with van der Waals surface area (Å²) in [7, 11) is 0. The predicted octanol–water partition coefficient (Wildman–Crippen LogP) is 4.13. The Morgan fingerprint density at radius 3 is 2.94 bits per heavy atom. The molecule has 0 fully saturated rings. The highest BCUT2D eigenvalue weighted by atomic mass is 79.9. The van der Waals surface area contributed by atoms with E-state index in [2.05, 4.69) is 38.1 Å². The summed E-state index contributed by atoms with van der Waals surface area (Å²) >= 11 is 10.8. The highest BCUT2D eigenvalue weighted by Crippen LogP contribution is 2.26. The summed E-state index contributed by atoms with van der Waals surface area (Å²) in [5.74, 6) is 0. The predicted molar refractivity (Wildman–Crippen MR) is 71.1 cm³/mol. The molecule has 0 saturated carbocycles. The number of hydrogen-bond acceptors (Lipinski definition) is 4. The van der Waals surface area contributed by atoms with Gasteiger partial charge in [0.15, 0.2) is 0 Å². The van der Waals surface area contributed by atoms with Crippen molar-refractivity contribution in [3.05, 3.63) is 38.5 Å². The molecular weight excluding hydrogens is 310 g/mol. The molecule has 16 heavy (non-hydrogen) atoms. The Bertz CT molecular complexity index is 475. The van der Waals surface area contributed by atoms with E-state index in [0.717, 1.165) is 15.2 Å². The van der Waals surface area contributed by atoms with E-state index in [1.165, 1.54) is 0 Å². The van der Waals surface area contributed by atoms with E-state index < -0.39 is 0 Å². The van der Waals surface area contributed by atoms with Gasteiger partial charge in [-0.25, -0.2) is 9.97 Å². The van der Waals surface area contributed by atoms with E-state index in [0.29, 0.717) is 5.15 Å². The Morgan fingerprint density at radius 1 is 1.50 bits per heavy atom. The lowest BCUT2D eigenvalue weighted by atomic mass is 10.3. The van der Waals surface area contributed by atoms with E-state index in [-0.39, 0.29) is 6.04 Å². The second kappa shape index (κ2) is 5.12. The topological polar surface area (TPSA) is 37.8 Å². The molecule has 0 bridgehead atoms. The summed E-state index contributed by atoms with van der Waals surface area (Å²) in [6.45, 7) is 2.06. The minimum atomic E-state index is 0.162. The van der Waals surface area contributed by atoms with Gasteiger partial charge in [0, 0.05) is 11.6 Å². The maximum atomic E-state index is 5.82. The number of nitrogens with one attached hydrogen (secondary N) is 1. The van der Waals surface area contributed by atoms with Crippen LogP contribution in [0.4, 0.5) is 5.69 Å². The van der Waals surface area contributed by atoms with Gasteiger partial charge in [0.25, 0.3) is 0 Å². The fraction of sp³-hybridized carbons (Fsp3) is 0.200. The first-order valence-electron chi connectivity index (χ1n) is 4.64. The van der Waals surface area contributed by atoms with Crippen molar-refractivity contribution in [1.29, 1.82) is 0 Å². The lowest BCUT2D eigenvalue weighted by Gasteiger charge is -2.12. The van der Waals surface area contributed by atoms with Crippen molar-refractivity contribution in [3.8, 4) is 0 Å². The van der Waals surface area contributed by atoms with E-state index >= 15 is 0 Å². The molecule has 84 valence electrons. The Labute approximate surface area is 111 Å². The highest BCUT2D eigenvalue weighted by Gasteiger charge is 2.08. The van der Waals surface area contributed by atoms with E-state index in [1.54, 1.807) is 23.7 Å². The largest absolute Gasteiger partial charge is 0.375 e. The number of thiazole rings is 1. The summed E-state index contributed by atoms with van der Waals surface area (Å²) in [4.78, 5) is 8.30. The minimum absolute atomic E-state index is 0.162. The molecule has 0 radical (unpaired) electrons. The van der Waals surface area contributed by atoms with Gasteiger partial charge in [0.05, 0.1) is 22.4 Å². The number of aromatic nitrogens is 2. The third kappa shape index (κ3) is 2.72. The number of halogens is 2. The monoisotopic (exact) mass is 317 g/mol. The molecule has 0 aliphatic heterocycles. The van der Waals surface area contributed by atoms with Gasteiger partial charge in [-0.05, 0) is 28.9 Å². The standard InChI is InChI=1S/C10H9BrClN3S/c1-6(10-13-2-3-16-10)15-7-4-8(11)9(12)14-5-7/h2-6,15H,1H3. The highest BCUT2D eigenvalue weighted by molar-refractivity contribution is 9.10. The molecule has 1 unspecified atom stereocenters. The molecule has 0 aliphatic carbocycles. The Balaban J connectivity index is 2.12. The average Bonchev–Trinajstić information content (AvgIpc) is 2.77. The molecule has 6 heteroatoms. The molecule has 0 saturated heterocycles. The second-order valence-electron chi connectivity index (χ2n) is 3.23. The Kier molecular flexibility index (Phi) is 3.78. The van der Waals surface area contributed by atoms with Crippen molar-refractivity contribution in [2.45, 2.75) is 13.0 Å². The smallest absolute Gasteiger partial charge is 0.143 e. The molecule has 2 heterocycles. The molecule has 2 rings (SSSR count). The first-order chi connectivity index (χ1) is 7.66. The van der Waals surface area contributed by atoms with Crippen LogP contribution < -0.4 is 5.32 Å². The maximum Gasteiger partial charge on any atom is 0.143 e. The quantitative estimate of drug-likeness (QED) is 0.865. The summed E-state index contributed by atoms with van der Waals surface area (Å²) in [6.07, 6.45) is 3.51. The fourth-order valence-electron chi connectivity index (χ4n) is 1.26. The van der Waals surface area contributed by atoms with Crippen LogP contribution in [0.5, 0.6) is 0 Å². The van der Waals surface area contributed by atoms with E-state index in [4.69, 9.17) is 11.6 Å². The Morgan fingerprint density at radius 2 is 2.31 bits per heavy atom. The zero-order valence-corrected chi connectivity index (χ0v) is 11.6. The molecule has 0 aliphatic rings. The molecule has 0 amide bonds. The molecule has 0 aromatic carbocycles. The third-order valence-corrected chi connectivity index (χ3v) is 4.09. The van der Waals surface area contributed by atoms with Gasteiger partial charge < -0.3 is 5.32 Å². The SMILES string of the molecule is CC(Nc1cnc(Cl)c(Br)c1)c1nccs1.